The molecule has 2 rings (SSSR count). The van der Waals surface area contributed by atoms with E-state index in [1.165, 1.54) is 101 Å². The van der Waals surface area contributed by atoms with Gasteiger partial charge in [-0.15, -0.1) is 0 Å². The maximum atomic E-state index is 11.6. The van der Waals surface area contributed by atoms with Crippen LogP contribution in [-0.2, 0) is 23.0 Å². The third kappa shape index (κ3) is 11.7. The van der Waals surface area contributed by atoms with Crippen molar-refractivity contribution in [3.63, 3.8) is 0 Å². The zero-order chi connectivity index (χ0) is 23.2. The molecule has 33 heavy (non-hydrogen) atoms. The van der Waals surface area contributed by atoms with E-state index in [1.54, 1.807) is 12.1 Å². The minimum atomic E-state index is -4.44. The summed E-state index contributed by atoms with van der Waals surface area (Å²) in [5.41, 5.74) is 2.59. The summed E-state index contributed by atoms with van der Waals surface area (Å²) in [7, 11) is -4.44. The summed E-state index contributed by atoms with van der Waals surface area (Å²) in [6, 6.07) is 9.15. The van der Waals surface area contributed by atoms with Crippen LogP contribution in [0.15, 0.2) is 35.2 Å². The summed E-state index contributed by atoms with van der Waals surface area (Å²) in [6.07, 6.45) is 19.7. The summed E-state index contributed by atoms with van der Waals surface area (Å²) in [5, 5.41) is 1.98. The summed E-state index contributed by atoms with van der Waals surface area (Å²) >= 11 is 0. The first kappa shape index (κ1) is 31.3. The molecule has 5 heteroatoms. The van der Waals surface area contributed by atoms with Crippen LogP contribution in [-0.4, -0.2) is 13.0 Å². The second-order valence-electron chi connectivity index (χ2n) is 9.28. The van der Waals surface area contributed by atoms with Crippen molar-refractivity contribution in [3.05, 3.63) is 41.5 Å². The van der Waals surface area contributed by atoms with Crippen LogP contribution in [0.3, 0.4) is 0 Å². The molecule has 3 nitrogen and oxygen atoms in total. The first-order valence-electron chi connectivity index (χ1n) is 13.0. The maximum absolute atomic E-state index is 11.6. The van der Waals surface area contributed by atoms with Crippen LogP contribution in [0, 0.1) is 0 Å². The number of fused-ring (bicyclic) bond motifs is 1. The van der Waals surface area contributed by atoms with Crippen molar-refractivity contribution in [2.24, 2.45) is 0 Å². The van der Waals surface area contributed by atoms with Gasteiger partial charge in [0.1, 0.15) is 10.1 Å². The molecule has 0 N–H and O–H groups in total. The van der Waals surface area contributed by atoms with Crippen molar-refractivity contribution in [2.75, 3.05) is 0 Å². The molecule has 0 atom stereocenters. The molecule has 0 spiro atoms. The Labute approximate surface area is 245 Å². The fraction of sp³-hybridized carbons (Fsp3) is 0.643. The molecule has 180 valence electrons. The third-order valence-corrected chi connectivity index (χ3v) is 7.40. The zero-order valence-electron chi connectivity index (χ0n) is 21.3. The Hall–Kier alpha value is 0.246. The van der Waals surface area contributed by atoms with Crippen molar-refractivity contribution < 1.29 is 64.4 Å². The molecule has 0 aliphatic carbocycles. The predicted octanol–water partition coefficient (Wildman–Crippen LogP) is 5.33. The average Bonchev–Trinajstić information content (AvgIpc) is 2.77. The molecule has 0 aliphatic heterocycles. The minimum Gasteiger partial charge on any atom is -0.744 e. The van der Waals surface area contributed by atoms with E-state index in [9.17, 15) is 13.0 Å². The smallest absolute Gasteiger partial charge is 0.744 e. The molecule has 0 amide bonds. The summed E-state index contributed by atoms with van der Waals surface area (Å²) in [5.74, 6) is 0. The number of aryl methyl sites for hydroxylation is 2. The topological polar surface area (TPSA) is 57.2 Å². The van der Waals surface area contributed by atoms with E-state index in [0.29, 0.717) is 0 Å². The molecule has 2 aromatic rings. The van der Waals surface area contributed by atoms with Gasteiger partial charge in [0.05, 0.1) is 4.90 Å². The molecule has 0 unspecified atom stereocenters. The van der Waals surface area contributed by atoms with Gasteiger partial charge in [-0.3, -0.25) is 0 Å². The number of rotatable bonds is 17. The largest absolute Gasteiger partial charge is 1.00 e. The van der Waals surface area contributed by atoms with E-state index in [2.05, 4.69) is 26.0 Å². The summed E-state index contributed by atoms with van der Waals surface area (Å²) < 4.78 is 34.9. The van der Waals surface area contributed by atoms with Crippen LogP contribution >= 0.6 is 0 Å². The molecule has 0 fully saturated rings. The molecule has 0 radical (unpaired) electrons. The fourth-order valence-electron chi connectivity index (χ4n) is 4.62. The van der Waals surface area contributed by atoms with Gasteiger partial charge >= 0.3 is 51.4 Å². The monoisotopic (exact) mass is 498 g/mol. The number of hydrogen-bond donors (Lipinski definition) is 0. The van der Waals surface area contributed by atoms with Gasteiger partial charge in [0.2, 0.25) is 0 Å². The second-order valence-corrected chi connectivity index (χ2v) is 10.7. The second kappa shape index (κ2) is 17.6. The minimum absolute atomic E-state index is 0. The quantitative estimate of drug-likeness (QED) is 0.168. The number of unbranched alkanes of at least 4 members (excludes halogenated alkanes) is 12. The normalized spacial score (nSPS) is 11.6. The molecule has 2 aromatic carbocycles. The van der Waals surface area contributed by atoms with Crippen molar-refractivity contribution in [3.8, 4) is 0 Å². The number of benzene rings is 2. The van der Waals surface area contributed by atoms with E-state index >= 15 is 0 Å². The van der Waals surface area contributed by atoms with Gasteiger partial charge in [-0.25, -0.2) is 8.42 Å². The molecule has 0 saturated heterocycles. The average molecular weight is 499 g/mol. The SMILES string of the molecule is CCCCCCCCCc1ccc2ccc(S(=O)(=O)[O-])cc2c1CCCCCCCCC.[K+]. The van der Waals surface area contributed by atoms with E-state index < -0.39 is 10.1 Å². The van der Waals surface area contributed by atoms with Gasteiger partial charge in [0, 0.05) is 0 Å². The Morgan fingerprint density at radius 3 is 1.70 bits per heavy atom. The van der Waals surface area contributed by atoms with Crippen LogP contribution in [0.4, 0.5) is 0 Å². The molecular formula is C28H43KO3S. The molecular weight excluding hydrogens is 455 g/mol. The van der Waals surface area contributed by atoms with Gasteiger partial charge in [-0.2, -0.15) is 0 Å². The van der Waals surface area contributed by atoms with E-state index in [-0.39, 0.29) is 56.3 Å². The Balaban J connectivity index is 0.00000544. The Morgan fingerprint density at radius 2 is 1.15 bits per heavy atom. The van der Waals surface area contributed by atoms with E-state index in [4.69, 9.17) is 0 Å². The molecule has 0 aliphatic rings. The summed E-state index contributed by atoms with van der Waals surface area (Å²) in [4.78, 5) is -0.112. The zero-order valence-corrected chi connectivity index (χ0v) is 25.3. The first-order chi connectivity index (χ1) is 15.5. The maximum Gasteiger partial charge on any atom is 1.00 e. The summed E-state index contributed by atoms with van der Waals surface area (Å²) in [6.45, 7) is 4.49. The van der Waals surface area contributed by atoms with Gasteiger partial charge in [0.15, 0.2) is 0 Å². The van der Waals surface area contributed by atoms with E-state index in [0.717, 1.165) is 30.0 Å². The van der Waals surface area contributed by atoms with Crippen LogP contribution in [0.5, 0.6) is 0 Å². The molecule has 0 bridgehead atoms. The Morgan fingerprint density at radius 1 is 0.667 bits per heavy atom. The Kier molecular flexibility index (Phi) is 16.7. The van der Waals surface area contributed by atoms with Gasteiger partial charge < -0.3 is 4.55 Å². The fourth-order valence-corrected chi connectivity index (χ4v) is 5.12. The molecule has 0 saturated carbocycles. The van der Waals surface area contributed by atoms with E-state index in [1.807, 2.05) is 0 Å². The van der Waals surface area contributed by atoms with Crippen LogP contribution in [0.1, 0.15) is 115 Å². The van der Waals surface area contributed by atoms with Crippen LogP contribution in [0.25, 0.3) is 10.8 Å². The van der Waals surface area contributed by atoms with Crippen LogP contribution in [0.2, 0.25) is 0 Å². The van der Waals surface area contributed by atoms with Gasteiger partial charge in [-0.05, 0) is 59.7 Å². The van der Waals surface area contributed by atoms with Crippen molar-refractivity contribution in [1.29, 1.82) is 0 Å². The van der Waals surface area contributed by atoms with Crippen LogP contribution < -0.4 is 51.4 Å². The van der Waals surface area contributed by atoms with Crippen molar-refractivity contribution in [2.45, 2.75) is 121 Å². The Bertz CT molecular complexity index is 909. The predicted molar refractivity (Wildman–Crippen MR) is 135 cm³/mol. The van der Waals surface area contributed by atoms with Crippen molar-refractivity contribution >= 4 is 20.9 Å². The van der Waals surface area contributed by atoms with Gasteiger partial charge in [-0.1, -0.05) is 109 Å². The number of hydrogen-bond acceptors (Lipinski definition) is 3. The first-order valence-corrected chi connectivity index (χ1v) is 14.4. The standard InChI is InChI=1S/C28H44O3S.K/c1-3-5-7-9-11-13-15-17-24-19-20-25-21-22-26(32(29,30)31)23-28(25)27(24)18-16-14-12-10-8-6-4-2;/h19-23H,3-18H2,1-2H3,(H,29,30,31);/q;+1/p-1. The molecule has 0 aromatic heterocycles. The third-order valence-electron chi connectivity index (χ3n) is 6.57. The van der Waals surface area contributed by atoms with Gasteiger partial charge in [0.25, 0.3) is 0 Å². The molecule has 0 heterocycles. The van der Waals surface area contributed by atoms with Crippen molar-refractivity contribution in [1.82, 2.24) is 0 Å².